The van der Waals surface area contributed by atoms with Gasteiger partial charge in [0.25, 0.3) is 17.0 Å². The van der Waals surface area contributed by atoms with E-state index in [1.165, 1.54) is 24.1 Å². The fourth-order valence-electron chi connectivity index (χ4n) is 3.21. The number of nitrogens with zero attached hydrogens (tertiary/aromatic N) is 1. The molecule has 35 heavy (non-hydrogen) atoms. The van der Waals surface area contributed by atoms with Crippen LogP contribution in [0.15, 0.2) is 114 Å². The monoisotopic (exact) mass is 485 g/mol. The molecule has 3 aromatic heterocycles. The van der Waals surface area contributed by atoms with Crippen LogP contribution in [0.5, 0.6) is 0 Å². The third kappa shape index (κ3) is 5.53. The number of hydrogen-bond acceptors (Lipinski definition) is 7. The van der Waals surface area contributed by atoms with Gasteiger partial charge in [0.05, 0.1) is 12.8 Å². The minimum atomic E-state index is -0.491. The molecule has 5 rings (SSSR count). The number of fused-ring (bicyclic) bond motifs is 1. The molecule has 0 aliphatic heterocycles. The second-order valence-electron chi connectivity index (χ2n) is 7.35. The molecule has 0 radical (unpaired) electrons. The predicted octanol–water partition coefficient (Wildman–Crippen LogP) is 5.25. The highest BCUT2D eigenvalue weighted by atomic mass is 32.2. The fraction of sp³-hybridized carbons (Fsp3) is 0.0385. The summed E-state index contributed by atoms with van der Waals surface area (Å²) >= 11 is 1.21. The van der Waals surface area contributed by atoms with Crippen molar-refractivity contribution in [3.05, 3.63) is 108 Å². The van der Waals surface area contributed by atoms with E-state index in [0.717, 1.165) is 5.52 Å². The quantitative estimate of drug-likeness (QED) is 0.289. The van der Waals surface area contributed by atoms with Gasteiger partial charge >= 0.3 is 0 Å². The van der Waals surface area contributed by atoms with Crippen molar-refractivity contribution < 1.29 is 22.8 Å². The smallest absolute Gasteiger partial charge is 0.268 e. The van der Waals surface area contributed by atoms with Gasteiger partial charge in [0, 0.05) is 23.4 Å². The van der Waals surface area contributed by atoms with Gasteiger partial charge in [-0.2, -0.15) is 0 Å². The Balaban J connectivity index is 1.35. The minimum Gasteiger partial charge on any atom is -0.467 e. The summed E-state index contributed by atoms with van der Waals surface area (Å²) < 4.78 is 16.8. The number of furan rings is 2. The van der Waals surface area contributed by atoms with Crippen LogP contribution in [0, 0.1) is 0 Å². The average Bonchev–Trinajstić information content (AvgIpc) is 3.64. The molecule has 0 atom stereocenters. The van der Waals surface area contributed by atoms with Crippen LogP contribution < -0.4 is 10.6 Å². The van der Waals surface area contributed by atoms with Crippen molar-refractivity contribution in [1.29, 1.82) is 0 Å². The first-order chi connectivity index (χ1) is 17.1. The number of benzene rings is 2. The number of hydrogen-bond donors (Lipinski definition) is 2. The summed E-state index contributed by atoms with van der Waals surface area (Å²) in [5.41, 5.74) is 1.88. The number of rotatable bonds is 8. The third-order valence-corrected chi connectivity index (χ3v) is 5.65. The van der Waals surface area contributed by atoms with Crippen molar-refractivity contribution in [3.63, 3.8) is 0 Å². The van der Waals surface area contributed by atoms with Crippen molar-refractivity contribution >= 4 is 40.8 Å². The third-order valence-electron chi connectivity index (χ3n) is 4.88. The van der Waals surface area contributed by atoms with E-state index in [4.69, 9.17) is 13.3 Å². The van der Waals surface area contributed by atoms with Crippen LogP contribution in [0.3, 0.4) is 0 Å². The van der Waals surface area contributed by atoms with Crippen molar-refractivity contribution in [2.45, 2.75) is 16.9 Å². The van der Waals surface area contributed by atoms with Crippen molar-refractivity contribution in [2.24, 2.45) is 0 Å². The zero-order valence-corrected chi connectivity index (χ0v) is 19.1. The van der Waals surface area contributed by atoms with Crippen LogP contribution in [-0.2, 0) is 11.3 Å². The number of para-hydroxylation sites is 2. The fourth-order valence-corrected chi connectivity index (χ4v) is 3.93. The molecule has 174 valence electrons. The molecule has 0 aliphatic rings. The number of nitrogens with one attached hydrogen (secondary N) is 2. The summed E-state index contributed by atoms with van der Waals surface area (Å²) in [7, 11) is 0. The summed E-state index contributed by atoms with van der Waals surface area (Å²) in [5, 5.41) is 6.36. The second kappa shape index (κ2) is 10.2. The first-order valence-electron chi connectivity index (χ1n) is 10.7. The summed E-state index contributed by atoms with van der Waals surface area (Å²) in [6.45, 7) is 0.168. The van der Waals surface area contributed by atoms with Gasteiger partial charge in [-0.25, -0.2) is 4.98 Å². The van der Waals surface area contributed by atoms with Gasteiger partial charge in [0.1, 0.15) is 22.7 Å². The van der Waals surface area contributed by atoms with Crippen molar-refractivity contribution in [3.8, 4) is 0 Å². The Morgan fingerprint density at radius 1 is 0.914 bits per heavy atom. The van der Waals surface area contributed by atoms with Gasteiger partial charge in [0.15, 0.2) is 10.7 Å². The van der Waals surface area contributed by atoms with E-state index in [2.05, 4.69) is 15.6 Å². The second-order valence-corrected chi connectivity index (χ2v) is 8.30. The molecule has 0 bridgehead atoms. The van der Waals surface area contributed by atoms with E-state index < -0.39 is 11.8 Å². The van der Waals surface area contributed by atoms with E-state index >= 15 is 0 Å². The lowest BCUT2D eigenvalue weighted by molar-refractivity contribution is -0.118. The standard InChI is InChI=1S/C26H19N3O5S/c30-24(17-7-2-1-3-8-17)28-21(25(31)27-16-19-9-6-14-32-19)15-18-12-13-23(33-18)35-26-29-20-10-4-5-11-22(20)34-26/h1-15H,16H2,(H,27,31)(H,28,30)/b21-15-. The molecule has 3 heterocycles. The Morgan fingerprint density at radius 3 is 2.54 bits per heavy atom. The van der Waals surface area contributed by atoms with Crippen molar-refractivity contribution in [1.82, 2.24) is 15.6 Å². The molecule has 2 aromatic carbocycles. The van der Waals surface area contributed by atoms with Crippen molar-refractivity contribution in [2.75, 3.05) is 0 Å². The van der Waals surface area contributed by atoms with Crippen LogP contribution in [-0.4, -0.2) is 16.8 Å². The summed E-state index contributed by atoms with van der Waals surface area (Å²) in [5.74, 6) is 0.0510. The Hall–Kier alpha value is -4.50. The van der Waals surface area contributed by atoms with Gasteiger partial charge in [-0.05, 0) is 48.5 Å². The van der Waals surface area contributed by atoms with Crippen LogP contribution in [0.2, 0.25) is 0 Å². The van der Waals surface area contributed by atoms with Crippen LogP contribution in [0.25, 0.3) is 17.2 Å². The predicted molar refractivity (Wildman–Crippen MR) is 129 cm³/mol. The number of aromatic nitrogens is 1. The highest BCUT2D eigenvalue weighted by molar-refractivity contribution is 7.99. The lowest BCUT2D eigenvalue weighted by Crippen LogP contribution is -2.34. The molecule has 2 amide bonds. The molecule has 2 N–H and O–H groups in total. The SMILES string of the molecule is O=C(NCc1ccco1)/C(=C/c1ccc(Sc2nc3ccccc3o2)o1)NC(=O)c1ccccc1. The minimum absolute atomic E-state index is 0.0261. The van der Waals surface area contributed by atoms with E-state index in [9.17, 15) is 9.59 Å². The average molecular weight is 486 g/mol. The highest BCUT2D eigenvalue weighted by Crippen LogP contribution is 2.31. The zero-order chi connectivity index (χ0) is 24.0. The molecule has 0 spiro atoms. The summed E-state index contributed by atoms with van der Waals surface area (Å²) in [6, 6.07) is 23.0. The Labute approximate surface area is 204 Å². The molecule has 5 aromatic rings. The van der Waals surface area contributed by atoms with E-state index in [-0.39, 0.29) is 12.2 Å². The van der Waals surface area contributed by atoms with Gasteiger partial charge in [-0.1, -0.05) is 30.3 Å². The summed E-state index contributed by atoms with van der Waals surface area (Å²) in [6.07, 6.45) is 2.99. The van der Waals surface area contributed by atoms with Gasteiger partial charge in [0.2, 0.25) is 0 Å². The first-order valence-corrected chi connectivity index (χ1v) is 11.5. The zero-order valence-electron chi connectivity index (χ0n) is 18.3. The lowest BCUT2D eigenvalue weighted by Gasteiger charge is -2.10. The van der Waals surface area contributed by atoms with E-state index in [1.807, 2.05) is 30.3 Å². The molecule has 9 heteroatoms. The lowest BCUT2D eigenvalue weighted by atomic mass is 10.2. The molecular formula is C26H19N3O5S. The van der Waals surface area contributed by atoms with Crippen LogP contribution in [0.4, 0.5) is 0 Å². The number of carbonyl (C=O) groups excluding carboxylic acids is 2. The normalized spacial score (nSPS) is 11.5. The topological polar surface area (TPSA) is 111 Å². The van der Waals surface area contributed by atoms with Gasteiger partial charge < -0.3 is 23.9 Å². The van der Waals surface area contributed by atoms with Gasteiger partial charge in [-0.3, -0.25) is 9.59 Å². The first kappa shape index (κ1) is 22.3. The maximum absolute atomic E-state index is 12.9. The van der Waals surface area contributed by atoms with Crippen LogP contribution in [0.1, 0.15) is 21.9 Å². The number of amides is 2. The highest BCUT2D eigenvalue weighted by Gasteiger charge is 2.17. The molecule has 0 unspecified atom stereocenters. The number of oxazole rings is 1. The molecule has 0 saturated heterocycles. The Morgan fingerprint density at radius 2 is 1.74 bits per heavy atom. The number of carbonyl (C=O) groups is 2. The molecular weight excluding hydrogens is 466 g/mol. The Bertz CT molecular complexity index is 1450. The van der Waals surface area contributed by atoms with Gasteiger partial charge in [-0.15, -0.1) is 0 Å². The molecule has 0 saturated carbocycles. The Kier molecular flexibility index (Phi) is 6.49. The molecule has 8 nitrogen and oxygen atoms in total. The molecule has 0 fully saturated rings. The maximum Gasteiger partial charge on any atom is 0.268 e. The molecule has 0 aliphatic carbocycles. The van der Waals surface area contributed by atoms with E-state index in [0.29, 0.717) is 33.0 Å². The van der Waals surface area contributed by atoms with Crippen LogP contribution >= 0.6 is 11.8 Å². The summed E-state index contributed by atoms with van der Waals surface area (Å²) in [4.78, 5) is 30.0. The maximum atomic E-state index is 12.9. The van der Waals surface area contributed by atoms with E-state index in [1.54, 1.807) is 48.5 Å². The largest absolute Gasteiger partial charge is 0.467 e.